The van der Waals surface area contributed by atoms with Gasteiger partial charge >= 0.3 is 0 Å². The molecule has 1 heterocycles. The van der Waals surface area contributed by atoms with E-state index in [-0.39, 0.29) is 0 Å². The third-order valence-corrected chi connectivity index (χ3v) is 3.16. The van der Waals surface area contributed by atoms with Gasteiger partial charge in [0.1, 0.15) is 5.82 Å². The molecule has 0 amide bonds. The predicted molar refractivity (Wildman–Crippen MR) is 85.0 cm³/mol. The van der Waals surface area contributed by atoms with Crippen LogP contribution in [0.3, 0.4) is 0 Å². The van der Waals surface area contributed by atoms with Crippen LogP contribution >= 0.6 is 0 Å². The van der Waals surface area contributed by atoms with Crippen LogP contribution in [0, 0.1) is 0 Å². The Morgan fingerprint density at radius 3 is 2.45 bits per heavy atom. The van der Waals surface area contributed by atoms with E-state index < -0.39 is 0 Å². The van der Waals surface area contributed by atoms with E-state index in [0.29, 0.717) is 12.1 Å². The average Bonchev–Trinajstić information content (AvgIpc) is 2.37. The van der Waals surface area contributed by atoms with Gasteiger partial charge in [0.15, 0.2) is 0 Å². The van der Waals surface area contributed by atoms with Gasteiger partial charge in [-0.1, -0.05) is 13.8 Å². The first-order valence-corrected chi connectivity index (χ1v) is 7.39. The zero-order chi connectivity index (χ0) is 15.1. The van der Waals surface area contributed by atoms with Gasteiger partial charge in [-0.3, -0.25) is 4.98 Å². The standard InChI is InChI=1S/C15H29N5/c1-7-20(13(4)11-19(5)6)15-10-16-8-14(18-15)9-17-12(2)3/h8,10,12-13,17H,7,9,11H2,1-6H3. The summed E-state index contributed by atoms with van der Waals surface area (Å²) in [4.78, 5) is 13.6. The molecule has 0 fully saturated rings. The van der Waals surface area contributed by atoms with E-state index in [1.165, 1.54) is 0 Å². The molecule has 1 unspecified atom stereocenters. The Bertz CT molecular complexity index is 392. The molecule has 5 nitrogen and oxygen atoms in total. The summed E-state index contributed by atoms with van der Waals surface area (Å²) in [5.41, 5.74) is 0.992. The van der Waals surface area contributed by atoms with Gasteiger partial charge in [-0.15, -0.1) is 0 Å². The second-order valence-electron chi connectivity index (χ2n) is 5.80. The maximum Gasteiger partial charge on any atom is 0.147 e. The molecule has 114 valence electrons. The Labute approximate surface area is 123 Å². The number of hydrogen-bond acceptors (Lipinski definition) is 5. The van der Waals surface area contributed by atoms with Crippen molar-refractivity contribution < 1.29 is 0 Å². The molecule has 0 aliphatic carbocycles. The van der Waals surface area contributed by atoms with Crippen LogP contribution in [0.2, 0.25) is 0 Å². The normalized spacial score (nSPS) is 13.0. The Hall–Kier alpha value is -1.20. The monoisotopic (exact) mass is 279 g/mol. The number of aromatic nitrogens is 2. The first-order chi connectivity index (χ1) is 9.43. The SMILES string of the molecule is CCN(c1cncc(CNC(C)C)n1)C(C)CN(C)C. The smallest absolute Gasteiger partial charge is 0.147 e. The third kappa shape index (κ3) is 5.43. The average molecular weight is 279 g/mol. The summed E-state index contributed by atoms with van der Waals surface area (Å²) in [5, 5.41) is 3.38. The van der Waals surface area contributed by atoms with Crippen LogP contribution in [0.4, 0.5) is 5.82 Å². The van der Waals surface area contributed by atoms with Gasteiger partial charge in [-0.05, 0) is 27.9 Å². The highest BCUT2D eigenvalue weighted by Gasteiger charge is 2.15. The maximum atomic E-state index is 4.73. The molecular formula is C15H29N5. The van der Waals surface area contributed by atoms with Crippen molar-refractivity contribution in [2.75, 3.05) is 32.1 Å². The zero-order valence-electron chi connectivity index (χ0n) is 13.7. The predicted octanol–water partition coefficient (Wildman–Crippen LogP) is 1.75. The molecule has 1 atom stereocenters. The van der Waals surface area contributed by atoms with Crippen molar-refractivity contribution >= 4 is 5.82 Å². The summed E-state index contributed by atoms with van der Waals surface area (Å²) in [6.07, 6.45) is 3.69. The van der Waals surface area contributed by atoms with E-state index in [9.17, 15) is 0 Å². The van der Waals surface area contributed by atoms with E-state index in [1.54, 1.807) is 0 Å². The third-order valence-electron chi connectivity index (χ3n) is 3.16. The fourth-order valence-corrected chi connectivity index (χ4v) is 2.25. The highest BCUT2D eigenvalue weighted by Crippen LogP contribution is 2.13. The quantitative estimate of drug-likeness (QED) is 0.785. The Balaban J connectivity index is 2.79. The lowest BCUT2D eigenvalue weighted by Crippen LogP contribution is -2.40. The molecule has 0 aliphatic rings. The van der Waals surface area contributed by atoms with Crippen molar-refractivity contribution in [2.45, 2.75) is 46.3 Å². The van der Waals surface area contributed by atoms with E-state index in [1.807, 2.05) is 12.4 Å². The van der Waals surface area contributed by atoms with Gasteiger partial charge in [-0.2, -0.15) is 0 Å². The van der Waals surface area contributed by atoms with Gasteiger partial charge in [0.25, 0.3) is 0 Å². The topological polar surface area (TPSA) is 44.3 Å². The van der Waals surface area contributed by atoms with E-state index in [2.05, 4.69) is 61.9 Å². The largest absolute Gasteiger partial charge is 0.352 e. The molecule has 0 spiro atoms. The van der Waals surface area contributed by atoms with Gasteiger partial charge in [0.05, 0.1) is 11.9 Å². The zero-order valence-corrected chi connectivity index (χ0v) is 13.7. The van der Waals surface area contributed by atoms with Crippen LogP contribution in [0.5, 0.6) is 0 Å². The molecule has 0 aliphatic heterocycles. The number of anilines is 1. The minimum atomic E-state index is 0.414. The molecule has 0 saturated carbocycles. The number of likely N-dealkylation sites (N-methyl/N-ethyl adjacent to an activating group) is 2. The summed E-state index contributed by atoms with van der Waals surface area (Å²) in [6, 6.07) is 0.869. The Morgan fingerprint density at radius 2 is 1.90 bits per heavy atom. The highest BCUT2D eigenvalue weighted by atomic mass is 15.2. The van der Waals surface area contributed by atoms with Gasteiger partial charge < -0.3 is 15.1 Å². The Morgan fingerprint density at radius 1 is 1.20 bits per heavy atom. The van der Waals surface area contributed by atoms with Gasteiger partial charge in [0.2, 0.25) is 0 Å². The summed E-state index contributed by atoms with van der Waals surface area (Å²) in [7, 11) is 4.19. The first kappa shape index (κ1) is 16.9. The van der Waals surface area contributed by atoms with Gasteiger partial charge in [-0.25, -0.2) is 4.98 Å². The van der Waals surface area contributed by atoms with Crippen LogP contribution in [-0.4, -0.2) is 54.1 Å². The van der Waals surface area contributed by atoms with Crippen LogP contribution in [-0.2, 0) is 6.54 Å². The minimum Gasteiger partial charge on any atom is -0.352 e. The fraction of sp³-hybridized carbons (Fsp3) is 0.733. The molecular weight excluding hydrogens is 250 g/mol. The molecule has 1 aromatic rings. The molecule has 1 aromatic heterocycles. The van der Waals surface area contributed by atoms with Crippen LogP contribution in [0.15, 0.2) is 12.4 Å². The lowest BCUT2D eigenvalue weighted by Gasteiger charge is -2.31. The molecule has 0 radical (unpaired) electrons. The summed E-state index contributed by atoms with van der Waals surface area (Å²) >= 11 is 0. The van der Waals surface area contributed by atoms with Gasteiger partial charge in [0, 0.05) is 37.9 Å². The second-order valence-corrected chi connectivity index (χ2v) is 5.80. The van der Waals surface area contributed by atoms with Crippen molar-refractivity contribution in [1.82, 2.24) is 20.2 Å². The fourth-order valence-electron chi connectivity index (χ4n) is 2.25. The van der Waals surface area contributed by atoms with Crippen LogP contribution in [0.25, 0.3) is 0 Å². The van der Waals surface area contributed by atoms with Crippen molar-refractivity contribution in [1.29, 1.82) is 0 Å². The number of nitrogens with one attached hydrogen (secondary N) is 1. The van der Waals surface area contributed by atoms with E-state index in [0.717, 1.165) is 31.1 Å². The molecule has 1 rings (SSSR count). The number of rotatable bonds is 8. The van der Waals surface area contributed by atoms with Crippen molar-refractivity contribution in [3.8, 4) is 0 Å². The molecule has 5 heteroatoms. The molecule has 0 saturated heterocycles. The minimum absolute atomic E-state index is 0.414. The van der Waals surface area contributed by atoms with Crippen molar-refractivity contribution in [3.05, 3.63) is 18.1 Å². The van der Waals surface area contributed by atoms with E-state index >= 15 is 0 Å². The van der Waals surface area contributed by atoms with Crippen LogP contribution in [0.1, 0.15) is 33.4 Å². The molecule has 0 aromatic carbocycles. The first-order valence-electron chi connectivity index (χ1n) is 7.39. The Kier molecular flexibility index (Phi) is 6.88. The number of hydrogen-bond donors (Lipinski definition) is 1. The highest BCUT2D eigenvalue weighted by molar-refractivity contribution is 5.37. The summed E-state index contributed by atoms with van der Waals surface area (Å²) in [6.45, 7) is 11.4. The van der Waals surface area contributed by atoms with Crippen molar-refractivity contribution in [3.63, 3.8) is 0 Å². The summed E-state index contributed by atoms with van der Waals surface area (Å²) in [5.74, 6) is 0.963. The second kappa shape index (κ2) is 8.17. The van der Waals surface area contributed by atoms with Crippen LogP contribution < -0.4 is 10.2 Å². The van der Waals surface area contributed by atoms with E-state index in [4.69, 9.17) is 4.98 Å². The molecule has 0 bridgehead atoms. The lowest BCUT2D eigenvalue weighted by molar-refractivity contribution is 0.372. The molecule has 20 heavy (non-hydrogen) atoms. The molecule has 1 N–H and O–H groups in total. The number of nitrogens with zero attached hydrogens (tertiary/aromatic N) is 4. The summed E-state index contributed by atoms with van der Waals surface area (Å²) < 4.78 is 0. The van der Waals surface area contributed by atoms with Crippen molar-refractivity contribution in [2.24, 2.45) is 0 Å². The lowest BCUT2D eigenvalue weighted by atomic mass is 10.2. The maximum absolute atomic E-state index is 4.73.